The number of rotatable bonds is 3. The van der Waals surface area contributed by atoms with Crippen LogP contribution in [0.15, 0.2) is 84.5 Å². The number of amides is 4. The SMILES string of the molecule is O=C1[C@@H]2[C@@H]3C=C[C@@H](C4=C(c5ccccc5)C[C@H]5C(=O)N(c6ccc(Cl)c(Cl)c6)C(=O)[C@@H]5[C@H]43)[C@H]2C(=O)N1c1ccc(Cl)c(Cl)c1. The first-order chi connectivity index (χ1) is 21.2. The number of hydrogen-bond donors (Lipinski definition) is 0. The molecular formula is C34H22Cl4N2O4. The Labute approximate surface area is 272 Å². The average Bonchev–Trinajstić information content (AvgIpc) is 3.45. The molecule has 7 atom stereocenters. The second-order valence-electron chi connectivity index (χ2n) is 11.9. The van der Waals surface area contributed by atoms with Gasteiger partial charge in [0.2, 0.25) is 23.6 Å². The second kappa shape index (κ2) is 10.0. The summed E-state index contributed by atoms with van der Waals surface area (Å²) in [4.78, 5) is 59.1. The number of benzene rings is 3. The molecule has 0 unspecified atom stereocenters. The maximum Gasteiger partial charge on any atom is 0.238 e. The van der Waals surface area contributed by atoms with Crippen molar-refractivity contribution in [1.82, 2.24) is 0 Å². The van der Waals surface area contributed by atoms with Crippen LogP contribution in [0, 0.1) is 41.4 Å². The predicted molar refractivity (Wildman–Crippen MR) is 169 cm³/mol. The summed E-state index contributed by atoms with van der Waals surface area (Å²) in [5.41, 5.74) is 3.59. The molecule has 2 heterocycles. The molecule has 3 aromatic carbocycles. The van der Waals surface area contributed by atoms with E-state index in [0.717, 1.165) is 16.7 Å². The molecule has 2 aliphatic heterocycles. The first-order valence-electron chi connectivity index (χ1n) is 14.3. The van der Waals surface area contributed by atoms with E-state index in [1.54, 1.807) is 24.3 Å². The fourth-order valence-electron chi connectivity index (χ4n) is 8.27. The van der Waals surface area contributed by atoms with Gasteiger partial charge in [-0.3, -0.25) is 19.2 Å². The summed E-state index contributed by atoms with van der Waals surface area (Å²) in [6.45, 7) is 0. The van der Waals surface area contributed by atoms with Gasteiger partial charge in [-0.2, -0.15) is 0 Å². The van der Waals surface area contributed by atoms with Crippen LogP contribution in [0.1, 0.15) is 12.0 Å². The minimum absolute atomic E-state index is 0.239. The summed E-state index contributed by atoms with van der Waals surface area (Å²) in [7, 11) is 0. The van der Waals surface area contributed by atoms with E-state index in [4.69, 9.17) is 46.4 Å². The summed E-state index contributed by atoms with van der Waals surface area (Å²) in [6, 6.07) is 19.2. The van der Waals surface area contributed by atoms with Crippen molar-refractivity contribution in [3.63, 3.8) is 0 Å². The number of hydrogen-bond acceptors (Lipinski definition) is 4. The van der Waals surface area contributed by atoms with Crippen molar-refractivity contribution in [2.75, 3.05) is 9.80 Å². The summed E-state index contributed by atoms with van der Waals surface area (Å²) in [6.07, 6.45) is 4.34. The topological polar surface area (TPSA) is 74.8 Å². The van der Waals surface area contributed by atoms with Crippen molar-refractivity contribution in [3.8, 4) is 0 Å². The summed E-state index contributed by atoms with van der Waals surface area (Å²) < 4.78 is 0. The Morgan fingerprint density at radius 2 is 1.14 bits per heavy atom. The van der Waals surface area contributed by atoms with Gasteiger partial charge in [0.15, 0.2) is 0 Å². The second-order valence-corrected chi connectivity index (χ2v) is 13.6. The lowest BCUT2D eigenvalue weighted by molar-refractivity contribution is -0.129. The predicted octanol–water partition coefficient (Wildman–Crippen LogP) is 7.50. The van der Waals surface area contributed by atoms with Gasteiger partial charge in [0.05, 0.1) is 55.1 Å². The van der Waals surface area contributed by atoms with E-state index in [9.17, 15) is 19.2 Å². The zero-order valence-corrected chi connectivity index (χ0v) is 25.8. The molecule has 4 aliphatic carbocycles. The van der Waals surface area contributed by atoms with Gasteiger partial charge in [-0.05, 0) is 59.9 Å². The first kappa shape index (κ1) is 28.1. The van der Waals surface area contributed by atoms with Gasteiger partial charge >= 0.3 is 0 Å². The minimum atomic E-state index is -0.695. The van der Waals surface area contributed by atoms with Crippen LogP contribution in [0.5, 0.6) is 0 Å². The molecule has 9 rings (SSSR count). The lowest BCUT2D eigenvalue weighted by Crippen LogP contribution is -2.51. The Morgan fingerprint density at radius 1 is 0.568 bits per heavy atom. The first-order valence-corrected chi connectivity index (χ1v) is 15.8. The Hall–Kier alpha value is -3.42. The normalized spacial score (nSPS) is 30.3. The molecular weight excluding hydrogens is 642 g/mol. The average molecular weight is 664 g/mol. The van der Waals surface area contributed by atoms with Gasteiger partial charge in [-0.15, -0.1) is 0 Å². The number of anilines is 2. The molecule has 2 bridgehead atoms. The maximum atomic E-state index is 14.3. The van der Waals surface area contributed by atoms with Crippen LogP contribution < -0.4 is 9.80 Å². The molecule has 1 saturated carbocycles. The molecule has 10 heteroatoms. The lowest BCUT2D eigenvalue weighted by Gasteiger charge is -2.51. The summed E-state index contributed by atoms with van der Waals surface area (Å²) >= 11 is 24.8. The standard InChI is InChI=1S/C34H22Cl4N2O4/c35-22-10-6-16(12-24(22)37)39-31(41)21-14-20(15-4-2-1-3-5-15)26-18-8-9-19(27(26)30(21)34(39)44)29-28(18)32(42)40(33(29)43)17-7-11-23(36)25(38)13-17/h1-13,18-19,21,27-30H,14H2/t18-,19+,21+,27-,28+,29+,30-/m0/s1. The Bertz CT molecular complexity index is 1890. The van der Waals surface area contributed by atoms with Crippen molar-refractivity contribution in [1.29, 1.82) is 0 Å². The minimum Gasteiger partial charge on any atom is -0.274 e. The van der Waals surface area contributed by atoms with Gasteiger partial charge in [-0.1, -0.05) is 94.5 Å². The van der Waals surface area contributed by atoms with Crippen LogP contribution in [0.4, 0.5) is 11.4 Å². The van der Waals surface area contributed by atoms with Crippen molar-refractivity contribution >= 4 is 87.0 Å². The van der Waals surface area contributed by atoms with Crippen LogP contribution in [-0.4, -0.2) is 23.6 Å². The highest BCUT2D eigenvalue weighted by Crippen LogP contribution is 2.63. The fourth-order valence-corrected chi connectivity index (χ4v) is 8.86. The van der Waals surface area contributed by atoms with Gasteiger partial charge in [-0.25, -0.2) is 9.80 Å². The van der Waals surface area contributed by atoms with Gasteiger partial charge < -0.3 is 0 Å². The van der Waals surface area contributed by atoms with E-state index < -0.39 is 41.4 Å². The molecule has 0 radical (unpaired) electrons. The fraction of sp³-hybridized carbons (Fsp3) is 0.235. The van der Waals surface area contributed by atoms with Crippen molar-refractivity contribution in [3.05, 3.63) is 110 Å². The van der Waals surface area contributed by atoms with E-state index in [1.807, 2.05) is 42.5 Å². The van der Waals surface area contributed by atoms with E-state index in [2.05, 4.69) is 0 Å². The molecule has 220 valence electrons. The smallest absolute Gasteiger partial charge is 0.238 e. The largest absolute Gasteiger partial charge is 0.274 e. The van der Waals surface area contributed by atoms with E-state index in [1.165, 1.54) is 21.9 Å². The molecule has 3 aromatic rings. The highest BCUT2D eigenvalue weighted by molar-refractivity contribution is 6.43. The van der Waals surface area contributed by atoms with Crippen molar-refractivity contribution in [2.24, 2.45) is 41.4 Å². The van der Waals surface area contributed by atoms with Crippen molar-refractivity contribution in [2.45, 2.75) is 6.42 Å². The molecule has 2 saturated heterocycles. The Balaban J connectivity index is 1.28. The van der Waals surface area contributed by atoms with Crippen LogP contribution >= 0.6 is 46.4 Å². The summed E-state index contributed by atoms with van der Waals surface area (Å²) in [5, 5.41) is 1.12. The van der Waals surface area contributed by atoms with E-state index in [-0.39, 0.29) is 33.7 Å². The number of allylic oxidation sites excluding steroid dienone is 4. The lowest BCUT2D eigenvalue weighted by atomic mass is 9.49. The third-order valence-electron chi connectivity index (χ3n) is 9.95. The highest BCUT2D eigenvalue weighted by atomic mass is 35.5. The quantitative estimate of drug-likeness (QED) is 0.215. The van der Waals surface area contributed by atoms with Gasteiger partial charge in [0, 0.05) is 11.8 Å². The zero-order chi connectivity index (χ0) is 30.6. The van der Waals surface area contributed by atoms with E-state index in [0.29, 0.717) is 27.8 Å². The van der Waals surface area contributed by atoms with Crippen molar-refractivity contribution < 1.29 is 19.2 Å². The summed E-state index contributed by atoms with van der Waals surface area (Å²) in [5.74, 6) is -5.21. The molecule has 0 aromatic heterocycles. The monoisotopic (exact) mass is 662 g/mol. The van der Waals surface area contributed by atoms with Crippen LogP contribution in [-0.2, 0) is 19.2 Å². The molecule has 3 fully saturated rings. The number of halogens is 4. The number of carbonyl (C=O) groups is 4. The Kier molecular flexibility index (Phi) is 6.41. The number of fused-ring (bicyclic) bond motifs is 1. The maximum absolute atomic E-state index is 14.3. The van der Waals surface area contributed by atoms with Crippen LogP contribution in [0.3, 0.4) is 0 Å². The van der Waals surface area contributed by atoms with Gasteiger partial charge in [0.25, 0.3) is 0 Å². The molecule has 4 amide bonds. The molecule has 6 nitrogen and oxygen atoms in total. The van der Waals surface area contributed by atoms with Crippen LogP contribution in [0.2, 0.25) is 20.1 Å². The molecule has 0 N–H and O–H groups in total. The molecule has 0 spiro atoms. The number of carbonyl (C=O) groups excluding carboxylic acids is 4. The molecule has 44 heavy (non-hydrogen) atoms. The highest BCUT2D eigenvalue weighted by Gasteiger charge is 2.67. The third kappa shape index (κ3) is 3.81. The molecule has 6 aliphatic rings. The number of nitrogens with zero attached hydrogens (tertiary/aromatic N) is 2. The number of imide groups is 2. The van der Waals surface area contributed by atoms with Gasteiger partial charge in [0.1, 0.15) is 0 Å². The zero-order valence-electron chi connectivity index (χ0n) is 22.8. The Morgan fingerprint density at radius 3 is 1.75 bits per heavy atom. The third-order valence-corrected chi connectivity index (χ3v) is 11.4. The van der Waals surface area contributed by atoms with Crippen LogP contribution in [0.25, 0.3) is 5.57 Å². The van der Waals surface area contributed by atoms with E-state index >= 15 is 0 Å².